The number of rotatable bonds is 5. The van der Waals surface area contributed by atoms with E-state index in [1.165, 1.54) is 50.5 Å². The Bertz CT molecular complexity index is 1300. The highest BCUT2D eigenvalue weighted by atomic mass is 27.2. The third-order valence-corrected chi connectivity index (χ3v) is 13.0. The lowest BCUT2D eigenvalue weighted by atomic mass is 10.2. The molecule has 0 fully saturated rings. The van der Waals surface area contributed by atoms with Crippen LogP contribution in [-0.2, 0) is 0 Å². The summed E-state index contributed by atoms with van der Waals surface area (Å²) in [5, 5.41) is 0. The number of nitrogens with one attached hydrogen (secondary N) is 1. The van der Waals surface area contributed by atoms with Gasteiger partial charge in [-0.05, 0) is 39.8 Å². The first-order valence-corrected chi connectivity index (χ1v) is 15.9. The average Bonchev–Trinajstić information content (AvgIpc) is 2.90. The summed E-state index contributed by atoms with van der Waals surface area (Å²) in [5.41, 5.74) is 6.61. The number of quaternary nitrogens is 1. The average molecular weight is 514 g/mol. The topological polar surface area (TPSA) is 4.44 Å². The third kappa shape index (κ3) is 6.17. The largest absolute Gasteiger partial charge is 0.307 e. The molecule has 0 amide bonds. The number of benzene rings is 5. The predicted molar refractivity (Wildman–Crippen MR) is 168 cm³/mol. The van der Waals surface area contributed by atoms with Crippen LogP contribution < -0.4 is 22.6 Å². The molecule has 2 heteroatoms. The van der Waals surface area contributed by atoms with E-state index in [-0.39, 0.29) is 0 Å². The van der Waals surface area contributed by atoms with Gasteiger partial charge in [-0.25, -0.2) is 17.7 Å². The minimum atomic E-state index is -2.84. The molecule has 0 radical (unpaired) electrons. The molecule has 0 saturated heterocycles. The number of aryl methyl sites for hydroxylation is 4. The minimum absolute atomic E-state index is 1.32. The molecule has 0 aliphatic carbocycles. The molecule has 0 aliphatic heterocycles. The van der Waals surface area contributed by atoms with Gasteiger partial charge in [0.15, 0.2) is 0 Å². The SMILES string of the molecule is C[NH+](C)c1ccccc1.Cc1ccc[c]([Al-]([c]2cccc(C)c2)([c]2cccc(C)c2)[c]2cccc(C)c2)c1. The molecular weight excluding hydrogens is 473 g/mol. The van der Waals surface area contributed by atoms with Gasteiger partial charge in [0.2, 0.25) is 0 Å². The fraction of sp³-hybridized carbons (Fsp3) is 0.167. The number of hydrogen-bond donors (Lipinski definition) is 1. The van der Waals surface area contributed by atoms with Crippen molar-refractivity contribution in [1.29, 1.82) is 0 Å². The molecule has 192 valence electrons. The van der Waals surface area contributed by atoms with Gasteiger partial charge in [0.1, 0.15) is 5.69 Å². The summed E-state index contributed by atoms with van der Waals surface area (Å²) in [7, 11) is 4.24. The summed E-state index contributed by atoms with van der Waals surface area (Å²) in [6.45, 7) is 8.82. The summed E-state index contributed by atoms with van der Waals surface area (Å²) in [5.74, 6) is 0. The monoisotopic (exact) mass is 513 g/mol. The molecule has 38 heavy (non-hydrogen) atoms. The van der Waals surface area contributed by atoms with Crippen LogP contribution in [0.5, 0.6) is 0 Å². The predicted octanol–water partition coefficient (Wildman–Crippen LogP) is 4.76. The molecule has 5 rings (SSSR count). The van der Waals surface area contributed by atoms with Crippen molar-refractivity contribution in [3.8, 4) is 0 Å². The van der Waals surface area contributed by atoms with E-state index in [0.717, 1.165) is 0 Å². The smallest absolute Gasteiger partial charge is 0.267 e. The molecule has 5 aromatic carbocycles. The van der Waals surface area contributed by atoms with Crippen LogP contribution in [0.4, 0.5) is 5.69 Å². The summed E-state index contributed by atoms with van der Waals surface area (Å²) in [6, 6.07) is 47.2. The molecule has 5 aromatic rings. The van der Waals surface area contributed by atoms with Crippen molar-refractivity contribution < 1.29 is 4.90 Å². The van der Waals surface area contributed by atoms with Crippen LogP contribution in [0.15, 0.2) is 127 Å². The van der Waals surface area contributed by atoms with Crippen molar-refractivity contribution in [2.24, 2.45) is 0 Å². The summed E-state index contributed by atoms with van der Waals surface area (Å²) in [6.07, 6.45) is 0. The van der Waals surface area contributed by atoms with Gasteiger partial charge >= 0.3 is 0 Å². The van der Waals surface area contributed by atoms with Crippen LogP contribution in [0.25, 0.3) is 0 Å². The maximum absolute atomic E-state index is 2.84. The van der Waals surface area contributed by atoms with Crippen molar-refractivity contribution in [3.05, 3.63) is 150 Å². The Morgan fingerprint density at radius 2 is 0.711 bits per heavy atom. The van der Waals surface area contributed by atoms with Crippen molar-refractivity contribution in [3.63, 3.8) is 0 Å². The van der Waals surface area contributed by atoms with Gasteiger partial charge in [0.05, 0.1) is 14.1 Å². The fourth-order valence-electron chi connectivity index (χ4n) is 5.68. The first-order chi connectivity index (χ1) is 18.3. The quantitative estimate of drug-likeness (QED) is 0.323. The number of hydrogen-bond acceptors (Lipinski definition) is 0. The Morgan fingerprint density at radius 1 is 0.395 bits per heavy atom. The van der Waals surface area contributed by atoms with Gasteiger partial charge in [-0.1, -0.05) is 89.0 Å². The van der Waals surface area contributed by atoms with Gasteiger partial charge < -0.3 is 4.90 Å². The molecule has 0 heterocycles. The first-order valence-electron chi connectivity index (χ1n) is 13.6. The maximum atomic E-state index is 2.41. The molecule has 0 saturated carbocycles. The van der Waals surface area contributed by atoms with Crippen LogP contribution in [-0.4, -0.2) is 27.2 Å². The van der Waals surface area contributed by atoms with E-state index in [9.17, 15) is 0 Å². The highest BCUT2D eigenvalue weighted by molar-refractivity contribution is 7.19. The van der Waals surface area contributed by atoms with Gasteiger partial charge in [0.25, 0.3) is 13.1 Å². The standard InChI is InChI=1S/C8H11N.4C7H7.Al/c1-9(2)8-6-4-3-5-7-8;4*1-7-5-3-2-4-6-7;/h3-7H,1-2H3;4*2-3,5-6H,1H3;/q;;;;;-1/p+1. The summed E-state index contributed by atoms with van der Waals surface area (Å²) < 4.78 is 5.89. The van der Waals surface area contributed by atoms with E-state index in [1.807, 2.05) is 6.07 Å². The molecule has 0 bridgehead atoms. The molecular formula is C36H40AlN. The van der Waals surface area contributed by atoms with E-state index in [4.69, 9.17) is 0 Å². The number of para-hydroxylation sites is 1. The lowest BCUT2D eigenvalue weighted by molar-refractivity contribution is -0.786. The van der Waals surface area contributed by atoms with Crippen molar-refractivity contribution in [2.45, 2.75) is 27.7 Å². The van der Waals surface area contributed by atoms with E-state index < -0.39 is 13.1 Å². The third-order valence-electron chi connectivity index (χ3n) is 7.52. The Labute approximate surface area is 232 Å². The zero-order valence-electron chi connectivity index (χ0n) is 23.7. The van der Waals surface area contributed by atoms with Gasteiger partial charge in [-0.2, -0.15) is 0 Å². The molecule has 0 atom stereocenters. The molecule has 1 nitrogen and oxygen atoms in total. The van der Waals surface area contributed by atoms with Crippen LogP contribution in [0.3, 0.4) is 0 Å². The molecule has 0 aliphatic rings. The summed E-state index contributed by atoms with van der Waals surface area (Å²) in [4.78, 5) is 1.37. The molecule has 1 N–H and O–H groups in total. The van der Waals surface area contributed by atoms with Crippen LogP contribution in [0.1, 0.15) is 22.3 Å². The van der Waals surface area contributed by atoms with Gasteiger partial charge in [-0.15, -0.1) is 48.5 Å². The van der Waals surface area contributed by atoms with E-state index >= 15 is 0 Å². The normalized spacial score (nSPS) is 11.1. The Hall–Kier alpha value is -3.41. The highest BCUT2D eigenvalue weighted by Gasteiger charge is 2.36. The Morgan fingerprint density at radius 3 is 0.947 bits per heavy atom. The van der Waals surface area contributed by atoms with E-state index in [2.05, 4.69) is 163 Å². The van der Waals surface area contributed by atoms with Crippen LogP contribution in [0.2, 0.25) is 0 Å². The fourth-order valence-corrected chi connectivity index (χ4v) is 11.6. The molecule has 0 aromatic heterocycles. The van der Waals surface area contributed by atoms with E-state index in [1.54, 1.807) is 0 Å². The lowest BCUT2D eigenvalue weighted by Gasteiger charge is -2.41. The zero-order chi connectivity index (χ0) is 27.1. The second kappa shape index (κ2) is 12.4. The highest BCUT2D eigenvalue weighted by Crippen LogP contribution is 2.13. The Kier molecular flexibility index (Phi) is 9.03. The zero-order valence-corrected chi connectivity index (χ0v) is 24.9. The second-order valence-electron chi connectivity index (χ2n) is 10.9. The Balaban J connectivity index is 0.000000317. The van der Waals surface area contributed by atoms with Crippen LogP contribution in [0, 0.1) is 27.7 Å². The van der Waals surface area contributed by atoms with Crippen LogP contribution >= 0.6 is 0 Å². The van der Waals surface area contributed by atoms with Crippen molar-refractivity contribution in [2.75, 3.05) is 14.1 Å². The lowest BCUT2D eigenvalue weighted by Crippen LogP contribution is -3.00. The molecule has 0 spiro atoms. The molecule has 0 unspecified atom stereocenters. The first kappa shape index (κ1) is 27.6. The minimum Gasteiger partial charge on any atom is -0.307 e. The van der Waals surface area contributed by atoms with Gasteiger partial charge in [0, 0.05) is 0 Å². The summed E-state index contributed by atoms with van der Waals surface area (Å²) >= 11 is -2.84. The van der Waals surface area contributed by atoms with Gasteiger partial charge in [-0.3, -0.25) is 0 Å². The second-order valence-corrected chi connectivity index (χ2v) is 15.3. The van der Waals surface area contributed by atoms with Crippen molar-refractivity contribution >= 4 is 36.5 Å². The van der Waals surface area contributed by atoms with E-state index in [0.29, 0.717) is 0 Å². The van der Waals surface area contributed by atoms with Crippen molar-refractivity contribution in [1.82, 2.24) is 0 Å². The maximum Gasteiger partial charge on any atom is 0.267 e.